The number of aryl methyl sites for hydroxylation is 1. The van der Waals surface area contributed by atoms with Crippen molar-refractivity contribution in [3.8, 4) is 0 Å². The van der Waals surface area contributed by atoms with E-state index in [4.69, 9.17) is 0 Å². The molecule has 1 amide bonds. The summed E-state index contributed by atoms with van der Waals surface area (Å²) in [5.41, 5.74) is 2.80. The average Bonchev–Trinajstić information content (AvgIpc) is 2.48. The molecule has 0 bridgehead atoms. The molecule has 2 N–H and O–H groups in total. The first kappa shape index (κ1) is 15.8. The number of anilines is 1. The number of aliphatic hydroxyl groups is 1. The Morgan fingerprint density at radius 1 is 1.43 bits per heavy atom. The molecule has 0 spiro atoms. The monoisotopic (exact) mass is 290 g/mol. The topological polar surface area (TPSA) is 52.6 Å². The van der Waals surface area contributed by atoms with Crippen molar-refractivity contribution in [2.45, 2.75) is 45.6 Å². The summed E-state index contributed by atoms with van der Waals surface area (Å²) >= 11 is 0. The van der Waals surface area contributed by atoms with Gasteiger partial charge >= 0.3 is 0 Å². The molecule has 0 saturated carbocycles. The molecule has 1 fully saturated rings. The molecule has 1 heterocycles. The van der Waals surface area contributed by atoms with Crippen LogP contribution in [0.2, 0.25) is 0 Å². The van der Waals surface area contributed by atoms with Crippen LogP contribution in [0.1, 0.15) is 48.5 Å². The highest BCUT2D eigenvalue weighted by Gasteiger charge is 2.28. The Labute approximate surface area is 127 Å². The van der Waals surface area contributed by atoms with E-state index in [0.717, 1.165) is 49.2 Å². The van der Waals surface area contributed by atoms with Gasteiger partial charge in [-0.25, -0.2) is 0 Å². The number of hydrogen-bond acceptors (Lipinski definition) is 3. The minimum absolute atomic E-state index is 0.0871. The first-order valence-corrected chi connectivity index (χ1v) is 7.93. The fraction of sp³-hybridized carbons (Fsp3) is 0.588. The van der Waals surface area contributed by atoms with Crippen LogP contribution in [0.5, 0.6) is 0 Å². The van der Waals surface area contributed by atoms with Crippen LogP contribution in [0, 0.1) is 6.92 Å². The van der Waals surface area contributed by atoms with Crippen molar-refractivity contribution >= 4 is 11.6 Å². The van der Waals surface area contributed by atoms with E-state index in [-0.39, 0.29) is 18.6 Å². The maximum absolute atomic E-state index is 12.9. The molecule has 21 heavy (non-hydrogen) atoms. The molecule has 1 unspecified atom stereocenters. The summed E-state index contributed by atoms with van der Waals surface area (Å²) in [4.78, 5) is 14.8. The van der Waals surface area contributed by atoms with Gasteiger partial charge in [0.25, 0.3) is 5.91 Å². The van der Waals surface area contributed by atoms with E-state index in [9.17, 15) is 9.90 Å². The van der Waals surface area contributed by atoms with Crippen LogP contribution in [0.4, 0.5) is 5.69 Å². The number of piperidine rings is 1. The van der Waals surface area contributed by atoms with Gasteiger partial charge in [-0.1, -0.05) is 6.07 Å². The van der Waals surface area contributed by atoms with Crippen molar-refractivity contribution < 1.29 is 9.90 Å². The van der Waals surface area contributed by atoms with Crippen molar-refractivity contribution in [2.75, 3.05) is 25.0 Å². The molecular formula is C17H26N2O2. The van der Waals surface area contributed by atoms with Crippen molar-refractivity contribution in [1.29, 1.82) is 0 Å². The Morgan fingerprint density at radius 2 is 2.24 bits per heavy atom. The molecule has 1 saturated heterocycles. The minimum atomic E-state index is 0.0871. The number of aliphatic hydroxyl groups excluding tert-OH is 1. The van der Waals surface area contributed by atoms with Crippen molar-refractivity contribution in [3.63, 3.8) is 0 Å². The molecule has 1 aromatic carbocycles. The van der Waals surface area contributed by atoms with Crippen molar-refractivity contribution in [3.05, 3.63) is 29.3 Å². The maximum atomic E-state index is 12.9. The normalized spacial score (nSPS) is 18.6. The lowest BCUT2D eigenvalue weighted by atomic mass is 9.98. The summed E-state index contributed by atoms with van der Waals surface area (Å²) < 4.78 is 0. The molecular weight excluding hydrogens is 264 g/mol. The third-order valence-corrected chi connectivity index (χ3v) is 4.12. The summed E-state index contributed by atoms with van der Waals surface area (Å²) in [6.07, 6.45) is 3.86. The van der Waals surface area contributed by atoms with Gasteiger partial charge in [-0.15, -0.1) is 0 Å². The van der Waals surface area contributed by atoms with E-state index in [1.807, 2.05) is 36.9 Å². The third kappa shape index (κ3) is 3.76. The number of rotatable bonds is 5. The second-order valence-electron chi connectivity index (χ2n) is 5.74. The Bertz CT molecular complexity index is 486. The maximum Gasteiger partial charge on any atom is 0.256 e. The van der Waals surface area contributed by atoms with Gasteiger partial charge in [0.15, 0.2) is 0 Å². The van der Waals surface area contributed by atoms with E-state index in [0.29, 0.717) is 6.42 Å². The number of amides is 1. The van der Waals surface area contributed by atoms with Crippen molar-refractivity contribution in [1.82, 2.24) is 4.90 Å². The van der Waals surface area contributed by atoms with Gasteiger partial charge in [0.1, 0.15) is 0 Å². The van der Waals surface area contributed by atoms with E-state index in [1.165, 1.54) is 0 Å². The van der Waals surface area contributed by atoms with Crippen molar-refractivity contribution in [2.24, 2.45) is 0 Å². The molecule has 1 aromatic rings. The number of hydrogen-bond donors (Lipinski definition) is 2. The average molecular weight is 290 g/mol. The van der Waals surface area contributed by atoms with E-state index in [2.05, 4.69) is 5.32 Å². The number of nitrogens with zero attached hydrogens (tertiary/aromatic N) is 1. The second-order valence-corrected chi connectivity index (χ2v) is 5.74. The summed E-state index contributed by atoms with van der Waals surface area (Å²) in [5, 5.41) is 12.5. The molecule has 0 aliphatic carbocycles. The number of carbonyl (C=O) groups is 1. The van der Waals surface area contributed by atoms with Gasteiger partial charge in [-0.05, 0) is 57.2 Å². The quantitative estimate of drug-likeness (QED) is 0.876. The predicted molar refractivity (Wildman–Crippen MR) is 85.7 cm³/mol. The fourth-order valence-corrected chi connectivity index (χ4v) is 3.05. The highest BCUT2D eigenvalue weighted by Crippen LogP contribution is 2.25. The lowest BCUT2D eigenvalue weighted by Gasteiger charge is -2.36. The summed E-state index contributed by atoms with van der Waals surface area (Å²) in [6.45, 7) is 5.80. The molecule has 4 heteroatoms. The van der Waals surface area contributed by atoms with E-state index in [1.54, 1.807) is 0 Å². The number of likely N-dealkylation sites (tertiary alicyclic amines) is 1. The Morgan fingerprint density at radius 3 is 2.95 bits per heavy atom. The van der Waals surface area contributed by atoms with Gasteiger partial charge < -0.3 is 15.3 Å². The molecule has 1 aliphatic rings. The van der Waals surface area contributed by atoms with Gasteiger partial charge in [0.05, 0.1) is 5.56 Å². The lowest BCUT2D eigenvalue weighted by molar-refractivity contribution is 0.0575. The molecule has 2 rings (SSSR count). The summed E-state index contributed by atoms with van der Waals surface area (Å²) in [5.74, 6) is 0.0871. The van der Waals surface area contributed by atoms with Gasteiger partial charge in [-0.3, -0.25) is 4.79 Å². The summed E-state index contributed by atoms with van der Waals surface area (Å²) in [7, 11) is 0. The van der Waals surface area contributed by atoms with Gasteiger partial charge in [0, 0.05) is 31.4 Å². The van der Waals surface area contributed by atoms with Crippen LogP contribution >= 0.6 is 0 Å². The predicted octanol–water partition coefficient (Wildman–Crippen LogP) is 2.80. The van der Waals surface area contributed by atoms with Crippen LogP contribution < -0.4 is 5.32 Å². The second kappa shape index (κ2) is 7.46. The molecule has 0 aromatic heterocycles. The standard InChI is InChI=1S/C17H26N2O2/c1-3-18-16-12-13(2)7-8-15(16)17(21)19-10-5-4-6-14(19)9-11-20/h7-8,12,14,18,20H,3-6,9-11H2,1-2H3. The van der Waals surface area contributed by atoms with Crippen LogP contribution in [0.3, 0.4) is 0 Å². The molecule has 4 nitrogen and oxygen atoms in total. The zero-order valence-electron chi connectivity index (χ0n) is 13.1. The minimum Gasteiger partial charge on any atom is -0.396 e. The highest BCUT2D eigenvalue weighted by molar-refractivity contribution is 6.00. The van der Waals surface area contributed by atoms with Crippen LogP contribution in [0.15, 0.2) is 18.2 Å². The zero-order valence-corrected chi connectivity index (χ0v) is 13.1. The number of carbonyl (C=O) groups excluding carboxylic acids is 1. The van der Waals surface area contributed by atoms with Gasteiger partial charge in [0.2, 0.25) is 0 Å². The SMILES string of the molecule is CCNc1cc(C)ccc1C(=O)N1CCCCC1CCO. The first-order chi connectivity index (χ1) is 10.2. The highest BCUT2D eigenvalue weighted by atomic mass is 16.3. The number of nitrogens with one attached hydrogen (secondary N) is 1. The molecule has 1 aliphatic heterocycles. The third-order valence-electron chi connectivity index (χ3n) is 4.12. The smallest absolute Gasteiger partial charge is 0.256 e. The molecule has 116 valence electrons. The van der Waals surface area contributed by atoms with E-state index >= 15 is 0 Å². The molecule has 1 atom stereocenters. The fourth-order valence-electron chi connectivity index (χ4n) is 3.05. The molecule has 0 radical (unpaired) electrons. The van der Waals surface area contributed by atoms with Crippen LogP contribution in [-0.4, -0.2) is 41.7 Å². The largest absolute Gasteiger partial charge is 0.396 e. The van der Waals surface area contributed by atoms with Crippen LogP contribution in [-0.2, 0) is 0 Å². The lowest BCUT2D eigenvalue weighted by Crippen LogP contribution is -2.44. The Kier molecular flexibility index (Phi) is 5.62. The summed E-state index contributed by atoms with van der Waals surface area (Å²) in [6, 6.07) is 6.10. The van der Waals surface area contributed by atoms with Crippen LogP contribution in [0.25, 0.3) is 0 Å². The Balaban J connectivity index is 2.25. The number of benzene rings is 1. The Hall–Kier alpha value is -1.55. The zero-order chi connectivity index (χ0) is 15.2. The van der Waals surface area contributed by atoms with E-state index < -0.39 is 0 Å². The first-order valence-electron chi connectivity index (χ1n) is 7.93. The van der Waals surface area contributed by atoms with Gasteiger partial charge in [-0.2, -0.15) is 0 Å².